The van der Waals surface area contributed by atoms with Crippen molar-refractivity contribution < 1.29 is 4.74 Å². The number of benzene rings is 1. The minimum atomic E-state index is -1.45. The summed E-state index contributed by atoms with van der Waals surface area (Å²) in [5.74, 6) is 0.737. The molecule has 2 aromatic rings. The van der Waals surface area contributed by atoms with Crippen LogP contribution in [0, 0.1) is 0 Å². The summed E-state index contributed by atoms with van der Waals surface area (Å²) in [5, 5.41) is 4.46. The summed E-state index contributed by atoms with van der Waals surface area (Å²) in [6, 6.07) is 10.6. The van der Waals surface area contributed by atoms with Gasteiger partial charge in [0.2, 0.25) is 5.90 Å². The van der Waals surface area contributed by atoms with E-state index >= 15 is 0 Å². The maximum atomic E-state index is 5.76. The average molecular weight is 299 g/mol. The molecule has 0 radical (unpaired) electrons. The van der Waals surface area contributed by atoms with Crippen LogP contribution in [0.15, 0.2) is 47.7 Å². The third-order valence-corrected chi connectivity index (χ3v) is 5.16. The zero-order valence-corrected chi connectivity index (χ0v) is 13.8. The second kappa shape index (κ2) is 5.48. The molecule has 1 aromatic carbocycles. The summed E-state index contributed by atoms with van der Waals surface area (Å²) in [7, 11) is -1.45. The quantitative estimate of drug-likeness (QED) is 0.814. The lowest BCUT2D eigenvalue weighted by Gasteiger charge is -2.15. The van der Waals surface area contributed by atoms with E-state index in [9.17, 15) is 0 Å². The van der Waals surface area contributed by atoms with Gasteiger partial charge in [-0.3, -0.25) is 0 Å². The molecule has 1 unspecified atom stereocenters. The highest BCUT2D eigenvalue weighted by Crippen LogP contribution is 2.16. The van der Waals surface area contributed by atoms with Gasteiger partial charge in [-0.15, -0.1) is 0 Å². The molecule has 0 spiro atoms. The monoisotopic (exact) mass is 299 g/mol. The Bertz CT molecular complexity index is 643. The molecule has 110 valence electrons. The summed E-state index contributed by atoms with van der Waals surface area (Å²) in [4.78, 5) is 4.71. The van der Waals surface area contributed by atoms with E-state index in [-0.39, 0.29) is 6.04 Å². The van der Waals surface area contributed by atoms with Crippen LogP contribution in [0.25, 0.3) is 0 Å². The topological polar surface area (TPSA) is 39.4 Å². The van der Waals surface area contributed by atoms with Crippen LogP contribution in [-0.4, -0.2) is 36.2 Å². The van der Waals surface area contributed by atoms with E-state index in [2.05, 4.69) is 59.5 Å². The van der Waals surface area contributed by atoms with Crippen LogP contribution < -0.4 is 0 Å². The number of hydrogen-bond donors (Lipinski definition) is 0. The van der Waals surface area contributed by atoms with Crippen LogP contribution in [0.5, 0.6) is 0 Å². The number of nitrogens with zero attached hydrogens (tertiary/aromatic N) is 3. The number of hydrogen-bond acceptors (Lipinski definition) is 3. The Morgan fingerprint density at radius 2 is 2.00 bits per heavy atom. The Labute approximate surface area is 126 Å². The van der Waals surface area contributed by atoms with Gasteiger partial charge in [-0.25, -0.2) is 4.99 Å². The van der Waals surface area contributed by atoms with Crippen molar-refractivity contribution >= 4 is 14.1 Å². The highest BCUT2D eigenvalue weighted by Gasteiger charge is 2.24. The number of rotatable bonds is 4. The van der Waals surface area contributed by atoms with Crippen molar-refractivity contribution in [1.82, 2.24) is 9.45 Å². The molecule has 21 heavy (non-hydrogen) atoms. The molecule has 0 aliphatic carbocycles. The minimum absolute atomic E-state index is 0.206. The fourth-order valence-corrected chi connectivity index (χ4v) is 3.29. The van der Waals surface area contributed by atoms with E-state index < -0.39 is 8.24 Å². The summed E-state index contributed by atoms with van der Waals surface area (Å²) in [6.07, 6.45) is 4.85. The predicted octanol–water partition coefficient (Wildman–Crippen LogP) is 2.95. The predicted molar refractivity (Wildman–Crippen MR) is 87.4 cm³/mol. The molecule has 1 aliphatic heterocycles. The molecule has 5 heteroatoms. The molecule has 4 nitrogen and oxygen atoms in total. The van der Waals surface area contributed by atoms with Gasteiger partial charge in [-0.2, -0.15) is 5.10 Å². The van der Waals surface area contributed by atoms with Gasteiger partial charge < -0.3 is 9.08 Å². The number of ether oxygens (including phenoxy) is 1. The van der Waals surface area contributed by atoms with E-state index in [4.69, 9.17) is 9.73 Å². The minimum Gasteiger partial charge on any atom is -0.475 e. The zero-order valence-electron chi connectivity index (χ0n) is 12.8. The zero-order chi connectivity index (χ0) is 14.9. The highest BCUT2D eigenvalue weighted by atomic mass is 28.3. The average Bonchev–Trinajstić information content (AvgIpc) is 3.07. The number of aromatic nitrogens is 2. The fourth-order valence-electron chi connectivity index (χ4n) is 2.36. The molecule has 0 bridgehead atoms. The molecule has 0 N–H and O–H groups in total. The second-order valence-corrected chi connectivity index (χ2v) is 11.2. The molecule has 0 fully saturated rings. The molecular weight excluding hydrogens is 278 g/mol. The van der Waals surface area contributed by atoms with Gasteiger partial charge >= 0.3 is 0 Å². The van der Waals surface area contributed by atoms with Gasteiger partial charge in [0.05, 0.1) is 17.8 Å². The van der Waals surface area contributed by atoms with Gasteiger partial charge in [-0.05, 0) is 31.6 Å². The van der Waals surface area contributed by atoms with Crippen molar-refractivity contribution in [2.24, 2.45) is 4.99 Å². The largest absolute Gasteiger partial charge is 0.475 e. The lowest BCUT2D eigenvalue weighted by atomic mass is 10.1. The van der Waals surface area contributed by atoms with Gasteiger partial charge in [0.15, 0.2) is 8.24 Å². The van der Waals surface area contributed by atoms with E-state index in [1.165, 1.54) is 5.56 Å². The molecule has 1 atom stereocenters. The fraction of sp³-hybridized carbons (Fsp3) is 0.375. The van der Waals surface area contributed by atoms with Crippen molar-refractivity contribution in [3.05, 3.63) is 53.9 Å². The maximum Gasteiger partial charge on any atom is 0.219 e. The molecule has 2 heterocycles. The van der Waals surface area contributed by atoms with E-state index in [1.54, 1.807) is 0 Å². The first-order valence-corrected chi connectivity index (χ1v) is 10.8. The Balaban J connectivity index is 1.72. The first-order chi connectivity index (χ1) is 10.0. The van der Waals surface area contributed by atoms with Crippen LogP contribution >= 0.6 is 0 Å². The van der Waals surface area contributed by atoms with Crippen molar-refractivity contribution in [2.45, 2.75) is 32.1 Å². The molecule has 0 saturated heterocycles. The van der Waals surface area contributed by atoms with Gasteiger partial charge in [0.1, 0.15) is 6.61 Å². The Morgan fingerprint density at radius 1 is 1.24 bits per heavy atom. The van der Waals surface area contributed by atoms with Crippen LogP contribution in [-0.2, 0) is 11.2 Å². The van der Waals surface area contributed by atoms with Gasteiger partial charge in [-0.1, -0.05) is 30.3 Å². The lowest BCUT2D eigenvalue weighted by Crippen LogP contribution is -2.32. The third kappa shape index (κ3) is 3.24. The van der Waals surface area contributed by atoms with Gasteiger partial charge in [0.25, 0.3) is 0 Å². The van der Waals surface area contributed by atoms with Crippen LogP contribution in [0.3, 0.4) is 0 Å². The first kappa shape index (κ1) is 14.1. The van der Waals surface area contributed by atoms with E-state index in [0.717, 1.165) is 17.9 Å². The molecule has 1 aliphatic rings. The van der Waals surface area contributed by atoms with Crippen molar-refractivity contribution in [3.63, 3.8) is 0 Å². The lowest BCUT2D eigenvalue weighted by molar-refractivity contribution is 0.317. The molecule has 3 rings (SSSR count). The summed E-state index contributed by atoms with van der Waals surface area (Å²) < 4.78 is 7.84. The highest BCUT2D eigenvalue weighted by molar-refractivity contribution is 6.74. The first-order valence-electron chi connectivity index (χ1n) is 7.32. The van der Waals surface area contributed by atoms with Crippen LogP contribution in [0.2, 0.25) is 19.6 Å². The van der Waals surface area contributed by atoms with Crippen LogP contribution in [0.1, 0.15) is 11.1 Å². The van der Waals surface area contributed by atoms with Crippen LogP contribution in [0.4, 0.5) is 0 Å². The molecule has 1 aromatic heterocycles. The Hall–Kier alpha value is -1.88. The number of aliphatic imine (C=N–C) groups is 1. The van der Waals surface area contributed by atoms with Gasteiger partial charge in [0, 0.05) is 6.20 Å². The van der Waals surface area contributed by atoms with E-state index in [1.807, 2.05) is 12.3 Å². The maximum absolute atomic E-state index is 5.76. The van der Waals surface area contributed by atoms with Crippen molar-refractivity contribution in [2.75, 3.05) is 6.61 Å². The SMILES string of the molecule is C[Si](C)(C)n1cc(C2=NC(Cc3ccccc3)CO2)cn1. The molecule has 0 saturated carbocycles. The molecular formula is C16H21N3OSi. The molecule has 0 amide bonds. The second-order valence-electron chi connectivity index (χ2n) is 6.43. The standard InChI is InChI=1S/C16H21N3OSi/c1-21(2,3)19-11-14(10-17-19)16-18-15(12-20-16)9-13-7-5-4-6-8-13/h4-8,10-11,15H,9,12H2,1-3H3. The van der Waals surface area contributed by atoms with Crippen molar-refractivity contribution in [1.29, 1.82) is 0 Å². The third-order valence-electron chi connectivity index (χ3n) is 3.54. The summed E-state index contributed by atoms with van der Waals surface area (Å²) in [5.41, 5.74) is 2.29. The smallest absolute Gasteiger partial charge is 0.219 e. The van der Waals surface area contributed by atoms with Crippen molar-refractivity contribution in [3.8, 4) is 0 Å². The summed E-state index contributed by atoms with van der Waals surface area (Å²) >= 11 is 0. The Morgan fingerprint density at radius 3 is 2.67 bits per heavy atom. The Kier molecular flexibility index (Phi) is 3.67. The summed E-state index contributed by atoms with van der Waals surface area (Å²) in [6.45, 7) is 7.44. The normalized spacial score (nSPS) is 18.4. The van der Waals surface area contributed by atoms with E-state index in [0.29, 0.717) is 6.61 Å².